The summed E-state index contributed by atoms with van der Waals surface area (Å²) in [5, 5.41) is 0. The lowest BCUT2D eigenvalue weighted by atomic mass is 9.77. The van der Waals surface area contributed by atoms with E-state index in [1.165, 1.54) is 29.8 Å². The van der Waals surface area contributed by atoms with Gasteiger partial charge in [-0.2, -0.15) is 0 Å². The van der Waals surface area contributed by atoms with Crippen LogP contribution in [-0.4, -0.2) is 0 Å². The maximum atomic E-state index is 14.8. The minimum Gasteiger partial charge on any atom is -0.207 e. The van der Waals surface area contributed by atoms with E-state index in [0.717, 1.165) is 43.2 Å². The molecule has 0 aromatic heterocycles. The second kappa shape index (κ2) is 10.4. The number of hydrogen-bond acceptors (Lipinski definition) is 0. The predicted octanol–water partition coefficient (Wildman–Crippen LogP) is 8.36. The highest BCUT2D eigenvalue weighted by Crippen LogP contribution is 2.37. The van der Waals surface area contributed by atoms with Crippen LogP contribution in [0.25, 0.3) is 0 Å². The number of hydrogen-bond donors (Lipinski definition) is 0. The van der Waals surface area contributed by atoms with Crippen molar-refractivity contribution in [1.82, 2.24) is 0 Å². The van der Waals surface area contributed by atoms with Crippen LogP contribution in [0.1, 0.15) is 73.1 Å². The van der Waals surface area contributed by atoms with Gasteiger partial charge in [0.25, 0.3) is 0 Å². The summed E-state index contributed by atoms with van der Waals surface area (Å²) >= 11 is 0. The van der Waals surface area contributed by atoms with Crippen molar-refractivity contribution in [3.63, 3.8) is 0 Å². The van der Waals surface area contributed by atoms with Crippen LogP contribution < -0.4 is 0 Å². The van der Waals surface area contributed by atoms with Gasteiger partial charge in [0.1, 0.15) is 17.5 Å². The van der Waals surface area contributed by atoms with Crippen LogP contribution in [-0.2, 0) is 12.8 Å². The molecule has 3 aromatic rings. The standard InChI is InChI=1S/C29H31F3/c1-20(23-5-3-2-4-6-23)17-27-28(31)18-22(19-29(27)32)8-7-21-9-11-24(12-10-21)25-13-15-26(30)16-14-25/h2-6,13-16,18-21,24H,7-12,17H2,1H3/t20-,21?,24?/m0/s1. The van der Waals surface area contributed by atoms with Gasteiger partial charge >= 0.3 is 0 Å². The molecule has 0 N–H and O–H groups in total. The first-order valence-corrected chi connectivity index (χ1v) is 11.8. The smallest absolute Gasteiger partial charge is 0.129 e. The van der Waals surface area contributed by atoms with Gasteiger partial charge in [-0.15, -0.1) is 0 Å². The number of halogens is 3. The van der Waals surface area contributed by atoms with Gasteiger partial charge in [-0.1, -0.05) is 49.4 Å². The highest BCUT2D eigenvalue weighted by atomic mass is 19.1. The first-order chi connectivity index (χ1) is 15.5. The van der Waals surface area contributed by atoms with Crippen LogP contribution in [0.3, 0.4) is 0 Å². The van der Waals surface area contributed by atoms with Crippen molar-refractivity contribution in [3.05, 3.63) is 106 Å². The number of benzene rings is 3. The van der Waals surface area contributed by atoms with E-state index in [2.05, 4.69) is 0 Å². The molecule has 0 bridgehead atoms. The second-order valence-electron chi connectivity index (χ2n) is 9.36. The summed E-state index contributed by atoms with van der Waals surface area (Å²) in [5.41, 5.74) is 3.24. The maximum absolute atomic E-state index is 14.8. The topological polar surface area (TPSA) is 0 Å². The Hall–Kier alpha value is -2.55. The molecule has 0 amide bonds. The average molecular weight is 437 g/mol. The molecule has 0 spiro atoms. The largest absolute Gasteiger partial charge is 0.207 e. The molecule has 1 fully saturated rings. The van der Waals surface area contributed by atoms with Gasteiger partial charge in [-0.25, -0.2) is 13.2 Å². The number of aryl methyl sites for hydroxylation is 1. The van der Waals surface area contributed by atoms with E-state index in [1.807, 2.05) is 49.4 Å². The summed E-state index contributed by atoms with van der Waals surface area (Å²) in [7, 11) is 0. The van der Waals surface area contributed by atoms with Crippen LogP contribution in [0, 0.1) is 23.4 Å². The molecule has 0 nitrogen and oxygen atoms in total. The third kappa shape index (κ3) is 5.62. The molecule has 32 heavy (non-hydrogen) atoms. The van der Waals surface area contributed by atoms with E-state index in [1.54, 1.807) is 0 Å². The van der Waals surface area contributed by atoms with Gasteiger partial charge in [0, 0.05) is 5.56 Å². The van der Waals surface area contributed by atoms with E-state index in [-0.39, 0.29) is 17.3 Å². The van der Waals surface area contributed by atoms with Crippen molar-refractivity contribution in [2.24, 2.45) is 5.92 Å². The van der Waals surface area contributed by atoms with Crippen molar-refractivity contribution < 1.29 is 13.2 Å². The molecular formula is C29H31F3. The lowest BCUT2D eigenvalue weighted by molar-refractivity contribution is 0.310. The third-order valence-corrected chi connectivity index (χ3v) is 7.11. The Morgan fingerprint density at radius 1 is 0.812 bits per heavy atom. The van der Waals surface area contributed by atoms with Crippen LogP contribution in [0.2, 0.25) is 0 Å². The van der Waals surface area contributed by atoms with Crippen LogP contribution in [0.15, 0.2) is 66.7 Å². The lowest BCUT2D eigenvalue weighted by Crippen LogP contribution is -2.14. The summed E-state index contributed by atoms with van der Waals surface area (Å²) in [6, 6.07) is 19.8. The fraction of sp³-hybridized carbons (Fsp3) is 0.379. The Morgan fingerprint density at radius 2 is 1.44 bits per heavy atom. The van der Waals surface area contributed by atoms with E-state index in [4.69, 9.17) is 0 Å². The predicted molar refractivity (Wildman–Crippen MR) is 124 cm³/mol. The molecule has 0 radical (unpaired) electrons. The molecule has 1 aliphatic carbocycles. The highest BCUT2D eigenvalue weighted by molar-refractivity contribution is 5.29. The van der Waals surface area contributed by atoms with Gasteiger partial charge in [-0.3, -0.25) is 0 Å². The zero-order valence-corrected chi connectivity index (χ0v) is 18.7. The fourth-order valence-corrected chi connectivity index (χ4v) is 5.09. The van der Waals surface area contributed by atoms with Gasteiger partial charge in [0.2, 0.25) is 0 Å². The quantitative estimate of drug-likeness (QED) is 0.349. The molecule has 0 heterocycles. The Kier molecular flexibility index (Phi) is 7.34. The Labute approximate surface area is 189 Å². The van der Waals surface area contributed by atoms with Crippen LogP contribution >= 0.6 is 0 Å². The molecule has 0 unspecified atom stereocenters. The third-order valence-electron chi connectivity index (χ3n) is 7.11. The Bertz CT molecular complexity index is 979. The van der Waals surface area contributed by atoms with Gasteiger partial charge in [0.05, 0.1) is 0 Å². The summed E-state index contributed by atoms with van der Waals surface area (Å²) in [6.45, 7) is 2.00. The van der Waals surface area contributed by atoms with Crippen LogP contribution in [0.5, 0.6) is 0 Å². The normalized spacial score (nSPS) is 19.6. The van der Waals surface area contributed by atoms with Crippen molar-refractivity contribution in [2.45, 2.75) is 63.7 Å². The van der Waals surface area contributed by atoms with Gasteiger partial charge in [-0.05, 0) is 104 Å². The molecule has 1 saturated carbocycles. The summed E-state index contributed by atoms with van der Waals surface area (Å²) in [6.07, 6.45) is 6.42. The zero-order chi connectivity index (χ0) is 22.5. The van der Waals surface area contributed by atoms with Crippen molar-refractivity contribution in [3.8, 4) is 0 Å². The molecule has 168 valence electrons. The molecular weight excluding hydrogens is 405 g/mol. The molecule has 1 atom stereocenters. The van der Waals surface area contributed by atoms with Crippen molar-refractivity contribution in [2.75, 3.05) is 0 Å². The summed E-state index contributed by atoms with van der Waals surface area (Å²) < 4.78 is 42.7. The highest BCUT2D eigenvalue weighted by Gasteiger charge is 2.23. The molecule has 3 heteroatoms. The fourth-order valence-electron chi connectivity index (χ4n) is 5.09. The Balaban J connectivity index is 1.31. The first-order valence-electron chi connectivity index (χ1n) is 11.8. The minimum absolute atomic E-state index is 0.0577. The van der Waals surface area contributed by atoms with E-state index in [9.17, 15) is 13.2 Å². The molecule has 4 rings (SSSR count). The lowest BCUT2D eigenvalue weighted by Gasteiger charge is -2.29. The molecule has 3 aromatic carbocycles. The van der Waals surface area contributed by atoms with E-state index in [0.29, 0.717) is 24.7 Å². The van der Waals surface area contributed by atoms with Gasteiger partial charge in [0.15, 0.2) is 0 Å². The summed E-state index contributed by atoms with van der Waals surface area (Å²) in [4.78, 5) is 0. The average Bonchev–Trinajstić information content (AvgIpc) is 2.81. The van der Waals surface area contributed by atoms with Crippen molar-refractivity contribution in [1.29, 1.82) is 0 Å². The van der Waals surface area contributed by atoms with E-state index < -0.39 is 11.6 Å². The van der Waals surface area contributed by atoms with E-state index >= 15 is 0 Å². The molecule has 0 aliphatic heterocycles. The monoisotopic (exact) mass is 436 g/mol. The molecule has 1 aliphatic rings. The number of rotatable bonds is 7. The second-order valence-corrected chi connectivity index (χ2v) is 9.36. The minimum atomic E-state index is -0.428. The van der Waals surface area contributed by atoms with Crippen molar-refractivity contribution >= 4 is 0 Å². The summed E-state index contributed by atoms with van der Waals surface area (Å²) in [5.74, 6) is 0.0820. The van der Waals surface area contributed by atoms with Crippen LogP contribution in [0.4, 0.5) is 13.2 Å². The maximum Gasteiger partial charge on any atom is 0.129 e. The Morgan fingerprint density at radius 3 is 2.06 bits per heavy atom. The zero-order valence-electron chi connectivity index (χ0n) is 18.7. The SMILES string of the molecule is C[C@@H](Cc1c(F)cc(CCC2CCC(c3ccc(F)cc3)CC2)cc1F)c1ccccc1. The van der Waals surface area contributed by atoms with Gasteiger partial charge < -0.3 is 0 Å². The molecule has 0 saturated heterocycles. The first kappa shape index (κ1) is 22.6.